The lowest BCUT2D eigenvalue weighted by Crippen LogP contribution is -2.21. The lowest BCUT2D eigenvalue weighted by atomic mass is 10.0. The molecule has 0 spiro atoms. The van der Waals surface area contributed by atoms with Crippen LogP contribution in [-0.4, -0.2) is 12.2 Å². The molecule has 0 saturated heterocycles. The van der Waals surface area contributed by atoms with Crippen molar-refractivity contribution in [3.8, 4) is 11.5 Å². The summed E-state index contributed by atoms with van der Waals surface area (Å²) in [4.78, 5) is 0. The van der Waals surface area contributed by atoms with Crippen LogP contribution in [0.2, 0.25) is 0 Å². The predicted octanol–water partition coefficient (Wildman–Crippen LogP) is 3.21. The van der Waals surface area contributed by atoms with E-state index in [-0.39, 0.29) is 5.96 Å². The summed E-state index contributed by atoms with van der Waals surface area (Å²) in [6.45, 7) is 4.32. The number of nitrogens with two attached hydrogens (primary N) is 2. The number of rotatable bonds is 5. The molecule has 0 radical (unpaired) electrons. The Labute approximate surface area is 130 Å². The lowest BCUT2D eigenvalue weighted by molar-refractivity contribution is 0.481. The second-order valence-electron chi connectivity index (χ2n) is 5.13. The smallest absolute Gasteiger partial charge is 0.211 e. The molecule has 0 amide bonds. The van der Waals surface area contributed by atoms with Crippen LogP contribution in [0, 0.1) is 0 Å². The lowest BCUT2D eigenvalue weighted by Gasteiger charge is -2.10. The summed E-state index contributed by atoms with van der Waals surface area (Å²) in [5.74, 6) is 1.87. The number of para-hydroxylation sites is 1. The van der Waals surface area contributed by atoms with Crippen molar-refractivity contribution in [2.45, 2.75) is 19.8 Å². The topological polar surface area (TPSA) is 86.0 Å². The van der Waals surface area contributed by atoms with Gasteiger partial charge in [0.1, 0.15) is 11.5 Å². The van der Waals surface area contributed by atoms with Crippen molar-refractivity contribution in [3.05, 3.63) is 59.7 Å². The zero-order valence-corrected chi connectivity index (χ0v) is 12.7. The first-order valence-electron chi connectivity index (χ1n) is 7.05. The summed E-state index contributed by atoms with van der Waals surface area (Å²) in [6, 6.07) is 15.6. The number of guanidine groups is 1. The molecule has 0 atom stereocenters. The van der Waals surface area contributed by atoms with E-state index in [1.165, 1.54) is 5.56 Å². The first kappa shape index (κ1) is 15.6. The Kier molecular flexibility index (Phi) is 5.14. The van der Waals surface area contributed by atoms with Gasteiger partial charge in [0.15, 0.2) is 0 Å². The van der Waals surface area contributed by atoms with E-state index in [2.05, 4.69) is 36.2 Å². The van der Waals surface area contributed by atoms with Crippen LogP contribution in [0.25, 0.3) is 0 Å². The first-order valence-corrected chi connectivity index (χ1v) is 7.05. The number of benzene rings is 2. The molecule has 22 heavy (non-hydrogen) atoms. The van der Waals surface area contributed by atoms with Gasteiger partial charge < -0.3 is 16.2 Å². The summed E-state index contributed by atoms with van der Waals surface area (Å²) in [7, 11) is 0. The van der Waals surface area contributed by atoms with Crippen molar-refractivity contribution in [1.29, 1.82) is 0 Å². The monoisotopic (exact) mass is 296 g/mol. The zero-order valence-electron chi connectivity index (χ0n) is 12.7. The molecule has 0 unspecified atom stereocenters. The Morgan fingerprint density at radius 1 is 1.05 bits per heavy atom. The highest BCUT2D eigenvalue weighted by Crippen LogP contribution is 2.26. The Morgan fingerprint density at radius 3 is 2.36 bits per heavy atom. The van der Waals surface area contributed by atoms with Crippen molar-refractivity contribution in [1.82, 2.24) is 0 Å². The first-order chi connectivity index (χ1) is 10.6. The van der Waals surface area contributed by atoms with E-state index >= 15 is 0 Å². The molecule has 2 aromatic carbocycles. The van der Waals surface area contributed by atoms with Gasteiger partial charge in [0, 0.05) is 5.56 Å². The number of ether oxygens (including phenoxy) is 1. The van der Waals surface area contributed by atoms with Gasteiger partial charge in [-0.2, -0.15) is 5.10 Å². The van der Waals surface area contributed by atoms with Gasteiger partial charge in [0.05, 0.1) is 6.21 Å². The van der Waals surface area contributed by atoms with Crippen molar-refractivity contribution in [3.63, 3.8) is 0 Å². The minimum atomic E-state index is -0.0843. The minimum absolute atomic E-state index is 0.0843. The van der Waals surface area contributed by atoms with Crippen molar-refractivity contribution < 1.29 is 4.74 Å². The number of hydrogen-bond acceptors (Lipinski definition) is 3. The molecule has 0 aliphatic heterocycles. The van der Waals surface area contributed by atoms with Gasteiger partial charge in [-0.25, -0.2) is 0 Å². The van der Waals surface area contributed by atoms with E-state index in [0.717, 1.165) is 11.3 Å². The predicted molar refractivity (Wildman–Crippen MR) is 90.5 cm³/mol. The standard InChI is InChI=1S/C17H20N4O/c1-12(2)13-7-9-15(10-8-13)22-16-6-4-3-5-14(16)11-20-21-17(18)19/h3-12H,1-2H3,(H4,18,19,21). The summed E-state index contributed by atoms with van der Waals surface area (Å²) < 4.78 is 5.90. The number of nitrogens with zero attached hydrogens (tertiary/aromatic N) is 2. The van der Waals surface area contributed by atoms with E-state index in [1.54, 1.807) is 6.21 Å². The van der Waals surface area contributed by atoms with E-state index in [4.69, 9.17) is 16.2 Å². The van der Waals surface area contributed by atoms with Gasteiger partial charge in [0.25, 0.3) is 0 Å². The Hall–Kier alpha value is -2.82. The van der Waals surface area contributed by atoms with Gasteiger partial charge in [0.2, 0.25) is 5.96 Å². The summed E-state index contributed by atoms with van der Waals surface area (Å²) in [6.07, 6.45) is 1.55. The van der Waals surface area contributed by atoms with E-state index in [9.17, 15) is 0 Å². The molecule has 2 rings (SSSR count). The van der Waals surface area contributed by atoms with Crippen LogP contribution < -0.4 is 16.2 Å². The second kappa shape index (κ2) is 7.26. The molecule has 4 N–H and O–H groups in total. The van der Waals surface area contributed by atoms with Crippen molar-refractivity contribution >= 4 is 12.2 Å². The van der Waals surface area contributed by atoms with E-state index in [0.29, 0.717) is 11.7 Å². The highest BCUT2D eigenvalue weighted by atomic mass is 16.5. The maximum atomic E-state index is 5.90. The third-order valence-corrected chi connectivity index (χ3v) is 3.06. The van der Waals surface area contributed by atoms with Crippen LogP contribution in [0.4, 0.5) is 0 Å². The molecule has 5 nitrogen and oxygen atoms in total. The van der Waals surface area contributed by atoms with Gasteiger partial charge in [-0.1, -0.05) is 38.1 Å². The van der Waals surface area contributed by atoms with Gasteiger partial charge in [-0.3, -0.25) is 0 Å². The van der Waals surface area contributed by atoms with Gasteiger partial charge in [-0.15, -0.1) is 5.10 Å². The quantitative estimate of drug-likeness (QED) is 0.504. The second-order valence-corrected chi connectivity index (χ2v) is 5.13. The third-order valence-electron chi connectivity index (χ3n) is 3.06. The minimum Gasteiger partial charge on any atom is -0.457 e. The van der Waals surface area contributed by atoms with E-state index < -0.39 is 0 Å². The fraction of sp³-hybridized carbons (Fsp3) is 0.176. The largest absolute Gasteiger partial charge is 0.457 e. The number of hydrogen-bond donors (Lipinski definition) is 2. The molecule has 114 valence electrons. The van der Waals surface area contributed by atoms with Crippen LogP contribution in [-0.2, 0) is 0 Å². The molecule has 0 aromatic heterocycles. The zero-order chi connectivity index (χ0) is 15.9. The molecule has 0 bridgehead atoms. The van der Waals surface area contributed by atoms with Gasteiger partial charge in [-0.05, 0) is 35.7 Å². The summed E-state index contributed by atoms with van der Waals surface area (Å²) in [5, 5.41) is 7.40. The normalized spacial score (nSPS) is 10.9. The van der Waals surface area contributed by atoms with Crippen LogP contribution >= 0.6 is 0 Å². The Morgan fingerprint density at radius 2 is 1.73 bits per heavy atom. The molecule has 0 heterocycles. The maximum absolute atomic E-state index is 5.90. The van der Waals surface area contributed by atoms with Crippen molar-refractivity contribution in [2.24, 2.45) is 21.7 Å². The van der Waals surface area contributed by atoms with Crippen LogP contribution in [0.5, 0.6) is 11.5 Å². The summed E-state index contributed by atoms with van der Waals surface area (Å²) >= 11 is 0. The molecule has 0 saturated carbocycles. The average molecular weight is 296 g/mol. The third kappa shape index (κ3) is 4.34. The maximum Gasteiger partial charge on any atom is 0.211 e. The van der Waals surface area contributed by atoms with Crippen LogP contribution in [0.1, 0.15) is 30.9 Å². The van der Waals surface area contributed by atoms with Crippen molar-refractivity contribution in [2.75, 3.05) is 0 Å². The Bertz CT molecular complexity index is 671. The van der Waals surface area contributed by atoms with Gasteiger partial charge >= 0.3 is 0 Å². The fourth-order valence-corrected chi connectivity index (χ4v) is 1.89. The molecule has 0 fully saturated rings. The average Bonchev–Trinajstić information content (AvgIpc) is 2.49. The SMILES string of the molecule is CC(C)c1ccc(Oc2ccccc2C=NN=C(N)N)cc1. The highest BCUT2D eigenvalue weighted by Gasteiger charge is 2.04. The molecule has 5 heteroatoms. The molecular formula is C17H20N4O. The molecule has 0 aliphatic rings. The van der Waals surface area contributed by atoms with Crippen LogP contribution in [0.3, 0.4) is 0 Å². The van der Waals surface area contributed by atoms with Crippen LogP contribution in [0.15, 0.2) is 58.7 Å². The van der Waals surface area contributed by atoms with E-state index in [1.807, 2.05) is 36.4 Å². The summed E-state index contributed by atoms with van der Waals surface area (Å²) in [5.41, 5.74) is 12.5. The molecular weight excluding hydrogens is 276 g/mol. The highest BCUT2D eigenvalue weighted by molar-refractivity contribution is 5.84. The Balaban J connectivity index is 2.19. The fourth-order valence-electron chi connectivity index (χ4n) is 1.89. The molecule has 0 aliphatic carbocycles. The molecule has 2 aromatic rings.